The summed E-state index contributed by atoms with van der Waals surface area (Å²) >= 11 is 0. The predicted molar refractivity (Wildman–Crippen MR) is 27.3 cm³/mol. The van der Waals surface area contributed by atoms with Crippen LogP contribution in [0.25, 0.3) is 0 Å². The first-order valence-corrected chi connectivity index (χ1v) is 2.95. The molecule has 0 atom stereocenters. The summed E-state index contributed by atoms with van der Waals surface area (Å²) in [5.74, 6) is 0. The maximum absolute atomic E-state index is 12.0. The van der Waals surface area contributed by atoms with E-state index in [9.17, 15) is 39.5 Å². The molecule has 0 aromatic heterocycles. The fraction of sp³-hybridized carbons (Fsp3) is 0.600. The zero-order valence-electron chi connectivity index (χ0n) is 6.39. The van der Waals surface area contributed by atoms with Gasteiger partial charge in [-0.05, 0) is 0 Å². The van der Waals surface area contributed by atoms with Gasteiger partial charge in [-0.25, -0.2) is 0 Å². The van der Waals surface area contributed by atoms with Gasteiger partial charge in [-0.1, -0.05) is 0 Å². The van der Waals surface area contributed by atoms with Crippen LogP contribution in [-0.2, 0) is 4.74 Å². The van der Waals surface area contributed by atoms with E-state index in [1.807, 2.05) is 0 Å². The first-order chi connectivity index (χ1) is 6.46. The summed E-state index contributed by atoms with van der Waals surface area (Å²) < 4.78 is 106. The Morgan fingerprint density at radius 1 is 0.867 bits per heavy atom. The van der Waals surface area contributed by atoms with E-state index in [0.29, 0.717) is 0 Å². The smallest absolute Gasteiger partial charge is 0.408 e. The summed E-state index contributed by atoms with van der Waals surface area (Å²) in [6.07, 6.45) is -12.3. The first-order valence-electron chi connectivity index (χ1n) is 2.95. The summed E-state index contributed by atoms with van der Waals surface area (Å²) in [6.45, 7) is -4.12. The third-order valence-corrected chi connectivity index (χ3v) is 0.956. The van der Waals surface area contributed by atoms with Gasteiger partial charge >= 0.3 is 19.0 Å². The monoisotopic (exact) mass is 248 g/mol. The van der Waals surface area contributed by atoms with Gasteiger partial charge in [0.05, 0.1) is 0 Å². The molecule has 0 amide bonds. The first kappa shape index (κ1) is 13.9. The molecule has 0 saturated heterocycles. The van der Waals surface area contributed by atoms with Crippen LogP contribution in [0.5, 0.6) is 0 Å². The standard InChI is InChI=1S/C5HF9O/c6-2(15-3(7)8)1(4(9,10)11)5(12,13)14/h3H. The summed E-state index contributed by atoms with van der Waals surface area (Å²) in [5, 5.41) is 0. The van der Waals surface area contributed by atoms with E-state index in [-0.39, 0.29) is 0 Å². The highest BCUT2D eigenvalue weighted by atomic mass is 19.4. The number of ether oxygens (including phenoxy) is 1. The Bertz CT molecular complexity index is 230. The Morgan fingerprint density at radius 2 is 1.20 bits per heavy atom. The quantitative estimate of drug-likeness (QED) is 0.536. The van der Waals surface area contributed by atoms with E-state index >= 15 is 0 Å². The SMILES string of the molecule is FC(OC(F)F)=C(C(F)(F)F)C(F)(F)F. The van der Waals surface area contributed by atoms with E-state index in [1.165, 1.54) is 0 Å². The number of hydrogen-bond donors (Lipinski definition) is 0. The van der Waals surface area contributed by atoms with Crippen molar-refractivity contribution in [1.29, 1.82) is 0 Å². The van der Waals surface area contributed by atoms with Crippen molar-refractivity contribution < 1.29 is 44.3 Å². The molecular weight excluding hydrogens is 247 g/mol. The molecule has 0 fully saturated rings. The van der Waals surface area contributed by atoms with E-state index in [0.717, 1.165) is 0 Å². The largest absolute Gasteiger partial charge is 0.427 e. The van der Waals surface area contributed by atoms with Crippen LogP contribution in [0, 0.1) is 0 Å². The van der Waals surface area contributed by atoms with Gasteiger partial charge in [0, 0.05) is 0 Å². The lowest BCUT2D eigenvalue weighted by Crippen LogP contribution is -2.28. The van der Waals surface area contributed by atoms with E-state index in [4.69, 9.17) is 0 Å². The molecular formula is C5HF9O. The molecule has 0 aliphatic rings. The molecule has 0 radical (unpaired) electrons. The van der Waals surface area contributed by atoms with Crippen molar-refractivity contribution in [2.24, 2.45) is 0 Å². The number of alkyl halides is 8. The normalized spacial score (nSPS) is 12.9. The maximum Gasteiger partial charge on any atom is 0.427 e. The topological polar surface area (TPSA) is 9.23 Å². The molecule has 0 aliphatic carbocycles. The molecule has 0 aliphatic heterocycles. The molecule has 0 spiro atoms. The second-order valence-corrected chi connectivity index (χ2v) is 2.02. The zero-order valence-corrected chi connectivity index (χ0v) is 6.39. The number of halogens is 9. The van der Waals surface area contributed by atoms with Crippen LogP contribution in [0.15, 0.2) is 11.6 Å². The van der Waals surface area contributed by atoms with Gasteiger partial charge in [0.2, 0.25) is 5.57 Å². The second-order valence-electron chi connectivity index (χ2n) is 2.02. The Labute approximate surface area is 76.1 Å². The van der Waals surface area contributed by atoms with E-state index in [1.54, 1.807) is 0 Å². The van der Waals surface area contributed by atoms with Crippen LogP contribution < -0.4 is 0 Å². The van der Waals surface area contributed by atoms with Gasteiger partial charge < -0.3 is 4.74 Å². The molecule has 0 N–H and O–H groups in total. The lowest BCUT2D eigenvalue weighted by atomic mass is 10.3. The molecule has 1 nitrogen and oxygen atoms in total. The summed E-state index contributed by atoms with van der Waals surface area (Å²) in [6, 6.07) is -3.41. The van der Waals surface area contributed by atoms with Gasteiger partial charge in [0.1, 0.15) is 0 Å². The molecule has 10 heteroatoms. The van der Waals surface area contributed by atoms with Crippen LogP contribution in [0.4, 0.5) is 39.5 Å². The minimum Gasteiger partial charge on any atom is -0.408 e. The minimum absolute atomic E-state index is 2.40. The Morgan fingerprint density at radius 3 is 1.40 bits per heavy atom. The van der Waals surface area contributed by atoms with Crippen molar-refractivity contribution in [2.45, 2.75) is 19.0 Å². The van der Waals surface area contributed by atoms with Crippen molar-refractivity contribution in [2.75, 3.05) is 0 Å². The summed E-state index contributed by atoms with van der Waals surface area (Å²) in [7, 11) is 0. The molecule has 15 heavy (non-hydrogen) atoms. The van der Waals surface area contributed by atoms with Gasteiger partial charge in [-0.3, -0.25) is 0 Å². The van der Waals surface area contributed by atoms with Crippen molar-refractivity contribution in [1.82, 2.24) is 0 Å². The average molecular weight is 248 g/mol. The molecule has 90 valence electrons. The fourth-order valence-electron chi connectivity index (χ4n) is 0.521. The Hall–Kier alpha value is -1.09. The second kappa shape index (κ2) is 4.19. The Balaban J connectivity index is 5.28. The van der Waals surface area contributed by atoms with E-state index in [2.05, 4.69) is 4.74 Å². The van der Waals surface area contributed by atoms with Gasteiger partial charge in [0.25, 0.3) is 6.01 Å². The molecule has 0 unspecified atom stereocenters. The fourth-order valence-corrected chi connectivity index (χ4v) is 0.521. The molecule has 0 rings (SSSR count). The highest BCUT2D eigenvalue weighted by Gasteiger charge is 2.55. The molecule has 0 heterocycles. The van der Waals surface area contributed by atoms with Crippen LogP contribution >= 0.6 is 0 Å². The van der Waals surface area contributed by atoms with Crippen LogP contribution in [-0.4, -0.2) is 19.0 Å². The molecule has 0 saturated carbocycles. The number of rotatable bonds is 2. The Kier molecular flexibility index (Phi) is 3.88. The van der Waals surface area contributed by atoms with Crippen molar-refractivity contribution >= 4 is 0 Å². The molecule has 0 bridgehead atoms. The number of hydrogen-bond acceptors (Lipinski definition) is 1. The maximum atomic E-state index is 12.0. The van der Waals surface area contributed by atoms with Gasteiger partial charge in [-0.15, -0.1) is 0 Å². The average Bonchev–Trinajstić information content (AvgIpc) is 1.74. The highest BCUT2D eigenvalue weighted by Crippen LogP contribution is 2.41. The highest BCUT2D eigenvalue weighted by molar-refractivity contribution is 5.16. The third kappa shape index (κ3) is 4.30. The van der Waals surface area contributed by atoms with Crippen molar-refractivity contribution in [3.05, 3.63) is 11.6 Å². The van der Waals surface area contributed by atoms with Crippen LogP contribution in [0.2, 0.25) is 0 Å². The van der Waals surface area contributed by atoms with Crippen molar-refractivity contribution in [3.63, 3.8) is 0 Å². The van der Waals surface area contributed by atoms with Crippen LogP contribution in [0.1, 0.15) is 0 Å². The predicted octanol–water partition coefficient (Wildman–Crippen LogP) is 3.53. The van der Waals surface area contributed by atoms with Crippen LogP contribution in [0.3, 0.4) is 0 Å². The number of allylic oxidation sites excluding steroid dienone is 1. The van der Waals surface area contributed by atoms with Gasteiger partial charge in [-0.2, -0.15) is 39.5 Å². The summed E-state index contributed by atoms with van der Waals surface area (Å²) in [5.41, 5.74) is -3.74. The third-order valence-electron chi connectivity index (χ3n) is 0.956. The minimum atomic E-state index is -6.17. The lowest BCUT2D eigenvalue weighted by molar-refractivity contribution is -0.188. The zero-order chi connectivity index (χ0) is 12.4. The molecule has 0 aromatic carbocycles. The lowest BCUT2D eigenvalue weighted by Gasteiger charge is -2.15. The van der Waals surface area contributed by atoms with Crippen molar-refractivity contribution in [3.8, 4) is 0 Å². The summed E-state index contributed by atoms with van der Waals surface area (Å²) in [4.78, 5) is 0. The molecule has 0 aromatic rings. The van der Waals surface area contributed by atoms with Gasteiger partial charge in [0.15, 0.2) is 0 Å². The van der Waals surface area contributed by atoms with E-state index < -0.39 is 30.6 Å².